The van der Waals surface area contributed by atoms with Crippen LogP contribution in [0.3, 0.4) is 0 Å². The van der Waals surface area contributed by atoms with E-state index in [0.717, 1.165) is 6.54 Å². The van der Waals surface area contributed by atoms with Crippen LogP contribution in [0.4, 0.5) is 4.79 Å². The first-order chi connectivity index (χ1) is 7.38. The van der Waals surface area contributed by atoms with Crippen LogP contribution in [0.25, 0.3) is 0 Å². The number of nitrogens with one attached hydrogen (secondary N) is 2. The van der Waals surface area contributed by atoms with Gasteiger partial charge < -0.3 is 15.4 Å². The van der Waals surface area contributed by atoms with Gasteiger partial charge in [0.2, 0.25) is 0 Å². The summed E-state index contributed by atoms with van der Waals surface area (Å²) in [6, 6.07) is 0.476. The molecule has 1 heterocycles. The van der Waals surface area contributed by atoms with E-state index in [-0.39, 0.29) is 6.09 Å². The second-order valence-corrected chi connectivity index (χ2v) is 5.53. The minimum absolute atomic E-state index is 0.315. The Bertz CT molecular complexity index is 236. The molecule has 0 aromatic heterocycles. The Morgan fingerprint density at radius 2 is 2.19 bits per heavy atom. The lowest BCUT2D eigenvalue weighted by molar-refractivity contribution is 0.0512. The summed E-state index contributed by atoms with van der Waals surface area (Å²) in [6.45, 7) is 9.57. The van der Waals surface area contributed by atoms with Gasteiger partial charge in [-0.3, -0.25) is 0 Å². The molecule has 0 bridgehead atoms. The normalized spacial score (nSPS) is 26.2. The molecule has 1 rings (SSSR count). The average molecular weight is 228 g/mol. The van der Waals surface area contributed by atoms with E-state index in [0.29, 0.717) is 18.5 Å². The van der Waals surface area contributed by atoms with Crippen molar-refractivity contribution in [3.05, 3.63) is 0 Å². The second-order valence-electron chi connectivity index (χ2n) is 5.53. The third-order valence-corrected chi connectivity index (χ3v) is 2.83. The van der Waals surface area contributed by atoms with Crippen LogP contribution in [-0.4, -0.2) is 30.8 Å². The largest absolute Gasteiger partial charge is 0.444 e. The van der Waals surface area contributed by atoms with Crippen molar-refractivity contribution in [1.82, 2.24) is 10.6 Å². The molecule has 2 atom stereocenters. The fraction of sp³-hybridized carbons (Fsp3) is 0.917. The number of alkyl carbamates (subject to hydrolysis) is 1. The molecule has 4 nitrogen and oxygen atoms in total. The smallest absolute Gasteiger partial charge is 0.407 e. The molecule has 1 aliphatic rings. The molecular weight excluding hydrogens is 204 g/mol. The number of hydrogen-bond donors (Lipinski definition) is 2. The molecule has 94 valence electrons. The monoisotopic (exact) mass is 228 g/mol. The van der Waals surface area contributed by atoms with Crippen LogP contribution in [0.2, 0.25) is 0 Å². The van der Waals surface area contributed by atoms with E-state index in [9.17, 15) is 4.79 Å². The van der Waals surface area contributed by atoms with Gasteiger partial charge in [-0.1, -0.05) is 0 Å². The van der Waals surface area contributed by atoms with E-state index >= 15 is 0 Å². The molecule has 0 spiro atoms. The van der Waals surface area contributed by atoms with E-state index in [1.54, 1.807) is 0 Å². The molecule has 0 radical (unpaired) electrons. The highest BCUT2D eigenvalue weighted by atomic mass is 16.6. The van der Waals surface area contributed by atoms with Crippen molar-refractivity contribution < 1.29 is 9.53 Å². The zero-order chi connectivity index (χ0) is 12.2. The van der Waals surface area contributed by atoms with Gasteiger partial charge in [-0.05, 0) is 53.0 Å². The van der Waals surface area contributed by atoms with Gasteiger partial charge in [-0.2, -0.15) is 0 Å². The number of ether oxygens (including phenoxy) is 1. The maximum atomic E-state index is 11.5. The van der Waals surface area contributed by atoms with Crippen LogP contribution in [-0.2, 0) is 4.74 Å². The third kappa shape index (κ3) is 4.84. The molecule has 1 fully saturated rings. The van der Waals surface area contributed by atoms with Crippen molar-refractivity contribution in [2.45, 2.75) is 52.2 Å². The number of carbonyl (C=O) groups is 1. The summed E-state index contributed by atoms with van der Waals surface area (Å²) >= 11 is 0. The molecule has 1 amide bonds. The van der Waals surface area contributed by atoms with Gasteiger partial charge in [0.15, 0.2) is 0 Å². The minimum atomic E-state index is -0.416. The molecule has 4 heteroatoms. The number of hydrogen-bond acceptors (Lipinski definition) is 3. The Morgan fingerprint density at radius 3 is 2.75 bits per heavy atom. The highest BCUT2D eigenvalue weighted by Crippen LogP contribution is 2.15. The lowest BCUT2D eigenvalue weighted by atomic mass is 9.92. The first-order valence-electron chi connectivity index (χ1n) is 6.09. The summed E-state index contributed by atoms with van der Waals surface area (Å²) in [5.41, 5.74) is -0.416. The van der Waals surface area contributed by atoms with E-state index < -0.39 is 5.60 Å². The van der Waals surface area contributed by atoms with E-state index in [1.807, 2.05) is 20.8 Å². The lowest BCUT2D eigenvalue weighted by Crippen LogP contribution is -2.45. The standard InChI is InChI=1S/C12H24N2O2/c1-9-10(6-5-7-13-9)8-14-11(15)16-12(2,3)4/h9-10,13H,5-8H2,1-4H3,(H,14,15)/t9-,10+/m0/s1. The fourth-order valence-electron chi connectivity index (χ4n) is 1.92. The van der Waals surface area contributed by atoms with Crippen LogP contribution >= 0.6 is 0 Å². The maximum Gasteiger partial charge on any atom is 0.407 e. The molecule has 1 saturated heterocycles. The highest BCUT2D eigenvalue weighted by Gasteiger charge is 2.22. The Labute approximate surface area is 98.1 Å². The van der Waals surface area contributed by atoms with Crippen LogP contribution in [0.5, 0.6) is 0 Å². The summed E-state index contributed by atoms with van der Waals surface area (Å²) in [5, 5.41) is 6.25. The molecule has 2 N–H and O–H groups in total. The summed E-state index contributed by atoms with van der Waals surface area (Å²) in [7, 11) is 0. The van der Waals surface area contributed by atoms with Crippen molar-refractivity contribution in [2.24, 2.45) is 5.92 Å². The van der Waals surface area contributed by atoms with Gasteiger partial charge in [0, 0.05) is 12.6 Å². The van der Waals surface area contributed by atoms with Crippen molar-refractivity contribution >= 4 is 6.09 Å². The van der Waals surface area contributed by atoms with E-state index in [2.05, 4.69) is 17.6 Å². The second kappa shape index (κ2) is 5.53. The molecule has 0 aliphatic carbocycles. The summed E-state index contributed by atoms with van der Waals surface area (Å²) in [4.78, 5) is 11.5. The molecule has 0 unspecified atom stereocenters. The van der Waals surface area contributed by atoms with Gasteiger partial charge in [-0.15, -0.1) is 0 Å². The van der Waals surface area contributed by atoms with Gasteiger partial charge in [0.05, 0.1) is 0 Å². The highest BCUT2D eigenvalue weighted by molar-refractivity contribution is 5.67. The van der Waals surface area contributed by atoms with Crippen molar-refractivity contribution in [1.29, 1.82) is 0 Å². The number of rotatable bonds is 2. The first kappa shape index (κ1) is 13.3. The summed E-state index contributed by atoms with van der Waals surface area (Å²) in [5.74, 6) is 0.515. The van der Waals surface area contributed by atoms with Gasteiger partial charge in [0.25, 0.3) is 0 Å². The Hall–Kier alpha value is -0.770. The van der Waals surface area contributed by atoms with Gasteiger partial charge in [-0.25, -0.2) is 4.79 Å². The van der Waals surface area contributed by atoms with E-state index in [4.69, 9.17) is 4.74 Å². The Morgan fingerprint density at radius 1 is 1.50 bits per heavy atom. The van der Waals surface area contributed by atoms with E-state index in [1.165, 1.54) is 12.8 Å². The van der Waals surface area contributed by atoms with Crippen molar-refractivity contribution in [3.63, 3.8) is 0 Å². The molecule has 0 aromatic carbocycles. The number of amides is 1. The predicted molar refractivity (Wildman–Crippen MR) is 64.4 cm³/mol. The maximum absolute atomic E-state index is 11.5. The minimum Gasteiger partial charge on any atom is -0.444 e. The topological polar surface area (TPSA) is 50.4 Å². The SMILES string of the molecule is C[C@@H]1NCCC[C@@H]1CNC(=O)OC(C)(C)C. The van der Waals surface area contributed by atoms with Gasteiger partial charge in [0.1, 0.15) is 5.60 Å². The van der Waals surface area contributed by atoms with Crippen LogP contribution in [0, 0.1) is 5.92 Å². The molecule has 0 saturated carbocycles. The van der Waals surface area contributed by atoms with Crippen molar-refractivity contribution in [3.8, 4) is 0 Å². The summed E-state index contributed by atoms with van der Waals surface area (Å²) < 4.78 is 5.19. The predicted octanol–water partition coefficient (Wildman–Crippen LogP) is 1.90. The fourth-order valence-corrected chi connectivity index (χ4v) is 1.92. The zero-order valence-electron chi connectivity index (χ0n) is 10.8. The molecule has 1 aliphatic heterocycles. The van der Waals surface area contributed by atoms with Crippen LogP contribution < -0.4 is 10.6 Å². The van der Waals surface area contributed by atoms with Crippen LogP contribution in [0.15, 0.2) is 0 Å². The van der Waals surface area contributed by atoms with Gasteiger partial charge >= 0.3 is 6.09 Å². The zero-order valence-corrected chi connectivity index (χ0v) is 10.8. The first-order valence-corrected chi connectivity index (χ1v) is 6.09. The molecule has 0 aromatic rings. The summed E-state index contributed by atoms with van der Waals surface area (Å²) in [6.07, 6.45) is 2.04. The Balaban J connectivity index is 2.25. The van der Waals surface area contributed by atoms with Crippen molar-refractivity contribution in [2.75, 3.05) is 13.1 Å². The van der Waals surface area contributed by atoms with Crippen LogP contribution in [0.1, 0.15) is 40.5 Å². The molecule has 16 heavy (non-hydrogen) atoms. The average Bonchev–Trinajstić information content (AvgIpc) is 2.14. The quantitative estimate of drug-likeness (QED) is 0.759. The Kier molecular flexibility index (Phi) is 4.59. The number of carbonyl (C=O) groups excluding carboxylic acids is 1. The third-order valence-electron chi connectivity index (χ3n) is 2.83. The number of piperidine rings is 1. The molecular formula is C12H24N2O2. The lowest BCUT2D eigenvalue weighted by Gasteiger charge is -2.30.